The maximum absolute atomic E-state index is 10.0. The number of carbonyl (C=O) groups is 2. The van der Waals surface area contributed by atoms with Crippen LogP contribution in [0.2, 0.25) is 0 Å². The van der Waals surface area contributed by atoms with Gasteiger partial charge in [0.1, 0.15) is 21.6 Å². The Hall–Kier alpha value is -3.35. The van der Waals surface area contributed by atoms with Crippen molar-refractivity contribution < 1.29 is 29.7 Å². The van der Waals surface area contributed by atoms with Gasteiger partial charge in [0.15, 0.2) is 0 Å². The van der Waals surface area contributed by atoms with Crippen molar-refractivity contribution in [2.24, 2.45) is 0 Å². The fourth-order valence-electron chi connectivity index (χ4n) is 4.57. The van der Waals surface area contributed by atoms with Crippen LogP contribution in [0.4, 0.5) is 0 Å². The summed E-state index contributed by atoms with van der Waals surface area (Å²) >= 11 is 3.51. The van der Waals surface area contributed by atoms with Crippen LogP contribution >= 0.6 is 22.7 Å². The number of hydrogen-bond acceptors (Lipinski definition) is 6. The molecule has 0 radical (unpaired) electrons. The second-order valence-corrected chi connectivity index (χ2v) is 15.3. The number of Topliss-reactive ketones (excluding diaryl/α,β-unsaturated/α-hetero) is 2. The summed E-state index contributed by atoms with van der Waals surface area (Å²) in [5.41, 5.74) is 7.70. The standard InChI is InChI=1S/2C17H17NS.C5H8O2.Ir/c2*1-17(2,3)13-10-8-12(9-11-13)16-18-14-6-4-5-7-15(14)19-16;1-4(6)3-5(2)7;/h2*4-11H,1-3H3;3H2,1-2H3;/q;;;+3. The number of rotatable bonds is 4. The summed E-state index contributed by atoms with van der Waals surface area (Å²) in [6, 6.07) is 34.1. The maximum Gasteiger partial charge on any atom is 3.00 e. The Morgan fingerprint density at radius 2 is 0.870 bits per heavy atom. The number of hydrogen-bond donors (Lipinski definition) is 0. The monoisotopic (exact) mass is 827 g/mol. The Balaban J connectivity index is 0.000000205. The molecule has 7 heteroatoms. The first-order valence-corrected chi connectivity index (χ1v) is 16.8. The molecule has 0 saturated heterocycles. The zero-order valence-electron chi connectivity index (χ0n) is 27.8. The van der Waals surface area contributed by atoms with Crippen molar-refractivity contribution in [3.63, 3.8) is 0 Å². The third-order valence-corrected chi connectivity index (χ3v) is 9.25. The molecule has 2 heterocycles. The Kier molecular flexibility index (Phi) is 12.9. The molecule has 0 fully saturated rings. The number of aromatic nitrogens is 2. The summed E-state index contributed by atoms with van der Waals surface area (Å²) in [4.78, 5) is 29.5. The van der Waals surface area contributed by atoms with Gasteiger partial charge in [0.25, 0.3) is 0 Å². The number of para-hydroxylation sites is 2. The van der Waals surface area contributed by atoms with Gasteiger partial charge in [0.05, 0.1) is 26.9 Å². The topological polar surface area (TPSA) is 59.9 Å². The van der Waals surface area contributed by atoms with Crippen LogP contribution in [0.3, 0.4) is 0 Å². The van der Waals surface area contributed by atoms with Crippen LogP contribution in [0.25, 0.3) is 41.6 Å². The number of carbonyl (C=O) groups excluding carboxylic acids is 2. The van der Waals surface area contributed by atoms with E-state index in [0.29, 0.717) is 0 Å². The summed E-state index contributed by atoms with van der Waals surface area (Å²) in [6.45, 7) is 16.2. The van der Waals surface area contributed by atoms with Crippen LogP contribution in [-0.2, 0) is 40.5 Å². The van der Waals surface area contributed by atoms with Gasteiger partial charge in [-0.25, -0.2) is 9.97 Å². The van der Waals surface area contributed by atoms with E-state index in [0.717, 1.165) is 21.0 Å². The minimum Gasteiger partial charge on any atom is -0.300 e. The molecule has 0 amide bonds. The van der Waals surface area contributed by atoms with E-state index >= 15 is 0 Å². The Bertz CT molecular complexity index is 1690. The van der Waals surface area contributed by atoms with E-state index in [4.69, 9.17) is 9.97 Å². The van der Waals surface area contributed by atoms with Crippen molar-refractivity contribution in [3.8, 4) is 21.1 Å². The van der Waals surface area contributed by atoms with Gasteiger partial charge >= 0.3 is 20.1 Å². The Morgan fingerprint density at radius 1 is 0.543 bits per heavy atom. The van der Waals surface area contributed by atoms with Gasteiger partial charge in [-0.1, -0.05) is 114 Å². The van der Waals surface area contributed by atoms with Crippen LogP contribution in [0.5, 0.6) is 0 Å². The van der Waals surface area contributed by atoms with E-state index in [9.17, 15) is 9.59 Å². The third-order valence-electron chi connectivity index (χ3n) is 7.08. The van der Waals surface area contributed by atoms with E-state index in [1.165, 1.54) is 45.5 Å². The van der Waals surface area contributed by atoms with Crippen molar-refractivity contribution in [3.05, 3.63) is 108 Å². The van der Waals surface area contributed by atoms with Gasteiger partial charge in [-0.15, -0.1) is 22.7 Å². The minimum atomic E-state index is -0.0625. The van der Waals surface area contributed by atoms with Gasteiger partial charge in [0.2, 0.25) is 0 Å². The molecule has 0 aliphatic rings. The Morgan fingerprint density at radius 3 is 1.13 bits per heavy atom. The summed E-state index contributed by atoms with van der Waals surface area (Å²) in [5, 5.41) is 2.20. The average Bonchev–Trinajstić information content (AvgIpc) is 3.61. The fourth-order valence-corrected chi connectivity index (χ4v) is 6.51. The number of nitrogens with zero attached hydrogens (tertiary/aromatic N) is 2. The van der Waals surface area contributed by atoms with Crippen molar-refractivity contribution in [1.29, 1.82) is 0 Å². The fraction of sp³-hybridized carbons (Fsp3) is 0.282. The van der Waals surface area contributed by atoms with Crippen LogP contribution in [0.1, 0.15) is 72.9 Å². The number of ketones is 2. The molecule has 238 valence electrons. The minimum absolute atomic E-state index is 0. The zero-order valence-corrected chi connectivity index (χ0v) is 31.8. The van der Waals surface area contributed by atoms with Crippen molar-refractivity contribution >= 4 is 54.7 Å². The average molecular weight is 827 g/mol. The molecule has 0 spiro atoms. The zero-order chi connectivity index (χ0) is 32.8. The van der Waals surface area contributed by atoms with E-state index in [1.807, 2.05) is 12.1 Å². The molecular formula is C39H42IrN2O2S2+3. The number of thiazole rings is 2. The first-order valence-electron chi connectivity index (χ1n) is 15.1. The van der Waals surface area contributed by atoms with Gasteiger partial charge in [0, 0.05) is 11.1 Å². The van der Waals surface area contributed by atoms with Gasteiger partial charge < -0.3 is 0 Å². The van der Waals surface area contributed by atoms with Crippen LogP contribution < -0.4 is 0 Å². The van der Waals surface area contributed by atoms with Crippen LogP contribution in [0, 0.1) is 0 Å². The summed E-state index contributed by atoms with van der Waals surface area (Å²) in [6.07, 6.45) is 0.0833. The molecule has 46 heavy (non-hydrogen) atoms. The third kappa shape index (κ3) is 10.3. The first kappa shape index (κ1) is 37.1. The van der Waals surface area contributed by atoms with E-state index in [-0.39, 0.29) is 48.9 Å². The first-order chi connectivity index (χ1) is 21.2. The second-order valence-electron chi connectivity index (χ2n) is 13.2. The molecule has 6 rings (SSSR count). The predicted octanol–water partition coefficient (Wildman–Crippen LogP) is 11.1. The molecule has 0 bridgehead atoms. The number of benzene rings is 4. The van der Waals surface area contributed by atoms with Crippen molar-refractivity contribution in [2.45, 2.75) is 72.6 Å². The Labute approximate surface area is 294 Å². The maximum atomic E-state index is 10.0. The van der Waals surface area contributed by atoms with Gasteiger partial charge in [-0.05, 0) is 60.1 Å². The normalized spacial score (nSPS) is 11.1. The van der Waals surface area contributed by atoms with Gasteiger partial charge in [-0.3, -0.25) is 9.59 Å². The molecule has 0 aliphatic carbocycles. The molecule has 0 unspecified atom stereocenters. The van der Waals surface area contributed by atoms with Crippen molar-refractivity contribution in [1.82, 2.24) is 9.97 Å². The van der Waals surface area contributed by atoms with E-state index in [1.54, 1.807) is 22.7 Å². The molecule has 6 aromatic rings. The van der Waals surface area contributed by atoms with E-state index < -0.39 is 0 Å². The van der Waals surface area contributed by atoms with E-state index in [2.05, 4.69) is 126 Å². The van der Waals surface area contributed by atoms with Crippen LogP contribution in [0.15, 0.2) is 97.1 Å². The van der Waals surface area contributed by atoms with Gasteiger partial charge in [-0.2, -0.15) is 0 Å². The second kappa shape index (κ2) is 16.0. The summed E-state index contributed by atoms with van der Waals surface area (Å²) in [7, 11) is 0. The molecular weight excluding hydrogens is 785 g/mol. The van der Waals surface area contributed by atoms with Crippen molar-refractivity contribution in [2.75, 3.05) is 0 Å². The SMILES string of the molecule is CC(=O)CC(C)=O.CC(C)(C)c1ccc(-c2nc3ccccc3s2)cc1.CC(C)(C)c1ccc(-c2nc3ccccc3s2)cc1.[Ir+3]. The quantitative estimate of drug-likeness (QED) is 0.166. The van der Waals surface area contributed by atoms with Crippen LogP contribution in [-0.4, -0.2) is 21.5 Å². The molecule has 0 N–H and O–H groups in total. The molecule has 4 nitrogen and oxygen atoms in total. The summed E-state index contributed by atoms with van der Waals surface area (Å²) in [5.74, 6) is -0.125. The molecule has 0 saturated carbocycles. The predicted molar refractivity (Wildman–Crippen MR) is 193 cm³/mol. The molecule has 4 aromatic carbocycles. The largest absolute Gasteiger partial charge is 3.00 e. The number of fused-ring (bicyclic) bond motifs is 2. The molecule has 0 aliphatic heterocycles. The smallest absolute Gasteiger partial charge is 0.300 e. The molecule has 0 atom stereocenters. The summed E-state index contributed by atoms with van der Waals surface area (Å²) < 4.78 is 2.50. The molecule has 2 aromatic heterocycles.